The molecule has 0 spiro atoms. The van der Waals surface area contributed by atoms with E-state index in [0.29, 0.717) is 11.3 Å². The van der Waals surface area contributed by atoms with Crippen LogP contribution in [0.15, 0.2) is 51.8 Å². The largest absolute Gasteiger partial charge is 0.495 e. The van der Waals surface area contributed by atoms with Gasteiger partial charge < -0.3 is 4.74 Å². The molecular weight excluding hydrogens is 322 g/mol. The molecule has 0 saturated heterocycles. The van der Waals surface area contributed by atoms with Gasteiger partial charge in [0.05, 0.1) is 12.7 Å². The van der Waals surface area contributed by atoms with E-state index in [1.807, 2.05) is 30.3 Å². The van der Waals surface area contributed by atoms with Gasteiger partial charge in [0.25, 0.3) is 0 Å². The number of halogens is 1. The standard InChI is InChI=1S/C15H12BrNOS/c1-18-15-6-5-11(7-12(15)9-17)10-19-14-4-2-3-13(16)8-14/h2-8H,10H2,1H3. The molecule has 2 aromatic carbocycles. The molecule has 0 atom stereocenters. The molecule has 96 valence electrons. The number of benzene rings is 2. The van der Waals surface area contributed by atoms with Gasteiger partial charge in [0.2, 0.25) is 0 Å². The van der Waals surface area contributed by atoms with Gasteiger partial charge in [0, 0.05) is 15.1 Å². The molecule has 2 aromatic rings. The van der Waals surface area contributed by atoms with Crippen LogP contribution in [0, 0.1) is 11.3 Å². The minimum atomic E-state index is 0.579. The van der Waals surface area contributed by atoms with Gasteiger partial charge in [-0.1, -0.05) is 28.1 Å². The lowest BCUT2D eigenvalue weighted by molar-refractivity contribution is 0.413. The van der Waals surface area contributed by atoms with Crippen molar-refractivity contribution in [1.82, 2.24) is 0 Å². The van der Waals surface area contributed by atoms with E-state index in [1.54, 1.807) is 18.9 Å². The Morgan fingerprint density at radius 3 is 2.79 bits per heavy atom. The van der Waals surface area contributed by atoms with Crippen LogP contribution >= 0.6 is 27.7 Å². The van der Waals surface area contributed by atoms with Crippen molar-refractivity contribution in [3.8, 4) is 11.8 Å². The number of thioether (sulfide) groups is 1. The maximum atomic E-state index is 9.05. The Morgan fingerprint density at radius 1 is 1.26 bits per heavy atom. The minimum absolute atomic E-state index is 0.579. The van der Waals surface area contributed by atoms with Crippen LogP contribution in [-0.2, 0) is 5.75 Å². The smallest absolute Gasteiger partial charge is 0.136 e. The highest BCUT2D eigenvalue weighted by molar-refractivity contribution is 9.10. The molecule has 0 fully saturated rings. The first-order valence-corrected chi connectivity index (χ1v) is 7.46. The number of hydrogen-bond donors (Lipinski definition) is 0. The van der Waals surface area contributed by atoms with Gasteiger partial charge in [0.1, 0.15) is 11.8 Å². The highest BCUT2D eigenvalue weighted by atomic mass is 79.9. The van der Waals surface area contributed by atoms with E-state index in [1.165, 1.54) is 4.90 Å². The first-order chi connectivity index (χ1) is 9.22. The highest BCUT2D eigenvalue weighted by Gasteiger charge is 2.04. The molecule has 0 amide bonds. The normalized spacial score (nSPS) is 9.95. The van der Waals surface area contributed by atoms with E-state index in [-0.39, 0.29) is 0 Å². The summed E-state index contributed by atoms with van der Waals surface area (Å²) in [4.78, 5) is 1.20. The van der Waals surface area contributed by atoms with Gasteiger partial charge in [-0.25, -0.2) is 0 Å². The molecular formula is C15H12BrNOS. The second-order valence-electron chi connectivity index (χ2n) is 3.89. The van der Waals surface area contributed by atoms with Gasteiger partial charge in [-0.2, -0.15) is 5.26 Å². The summed E-state index contributed by atoms with van der Waals surface area (Å²) in [6.07, 6.45) is 0. The summed E-state index contributed by atoms with van der Waals surface area (Å²) in [5.74, 6) is 1.45. The van der Waals surface area contributed by atoms with Crippen LogP contribution in [0.25, 0.3) is 0 Å². The Bertz CT molecular complexity index is 622. The van der Waals surface area contributed by atoms with E-state index >= 15 is 0 Å². The summed E-state index contributed by atoms with van der Waals surface area (Å²) >= 11 is 5.20. The van der Waals surface area contributed by atoms with Gasteiger partial charge in [-0.05, 0) is 35.9 Å². The molecule has 0 unspecified atom stereocenters. The summed E-state index contributed by atoms with van der Waals surface area (Å²) in [6, 6.07) is 16.0. The molecule has 2 nitrogen and oxygen atoms in total. The van der Waals surface area contributed by atoms with Crippen molar-refractivity contribution in [3.05, 3.63) is 58.1 Å². The Balaban J connectivity index is 2.10. The van der Waals surface area contributed by atoms with Crippen LogP contribution in [0.2, 0.25) is 0 Å². The number of nitriles is 1. The van der Waals surface area contributed by atoms with Crippen molar-refractivity contribution in [2.45, 2.75) is 10.6 Å². The predicted octanol–water partition coefficient (Wildman–Crippen LogP) is 4.62. The predicted molar refractivity (Wildman–Crippen MR) is 81.4 cm³/mol. The second-order valence-corrected chi connectivity index (χ2v) is 5.86. The van der Waals surface area contributed by atoms with Gasteiger partial charge in [-0.15, -0.1) is 11.8 Å². The van der Waals surface area contributed by atoms with Crippen LogP contribution in [0.5, 0.6) is 5.75 Å². The van der Waals surface area contributed by atoms with Crippen LogP contribution in [0.1, 0.15) is 11.1 Å². The molecule has 0 N–H and O–H groups in total. The number of methoxy groups -OCH3 is 1. The molecule has 0 aliphatic rings. The van der Waals surface area contributed by atoms with E-state index in [9.17, 15) is 0 Å². The van der Waals surface area contributed by atoms with Crippen molar-refractivity contribution in [3.63, 3.8) is 0 Å². The van der Waals surface area contributed by atoms with Gasteiger partial charge in [0.15, 0.2) is 0 Å². The molecule has 4 heteroatoms. The van der Waals surface area contributed by atoms with Crippen molar-refractivity contribution in [2.24, 2.45) is 0 Å². The van der Waals surface area contributed by atoms with E-state index < -0.39 is 0 Å². The first kappa shape index (κ1) is 14.0. The molecule has 0 bridgehead atoms. The molecule has 0 aliphatic heterocycles. The third-order valence-electron chi connectivity index (χ3n) is 2.59. The zero-order valence-corrected chi connectivity index (χ0v) is 12.8. The van der Waals surface area contributed by atoms with Crippen LogP contribution < -0.4 is 4.74 Å². The fourth-order valence-electron chi connectivity index (χ4n) is 1.66. The van der Waals surface area contributed by atoms with Crippen LogP contribution in [-0.4, -0.2) is 7.11 Å². The monoisotopic (exact) mass is 333 g/mol. The second kappa shape index (κ2) is 6.65. The number of rotatable bonds is 4. The number of ether oxygens (including phenoxy) is 1. The molecule has 2 rings (SSSR count). The summed E-state index contributed by atoms with van der Waals surface area (Å²) in [5, 5.41) is 9.05. The molecule has 0 radical (unpaired) electrons. The summed E-state index contributed by atoms with van der Waals surface area (Å²) < 4.78 is 6.21. The SMILES string of the molecule is COc1ccc(CSc2cccc(Br)c2)cc1C#N. The average Bonchev–Trinajstić information content (AvgIpc) is 2.45. The zero-order valence-electron chi connectivity index (χ0n) is 10.4. The van der Waals surface area contributed by atoms with Gasteiger partial charge in [-0.3, -0.25) is 0 Å². The lowest BCUT2D eigenvalue weighted by Crippen LogP contribution is -1.90. The van der Waals surface area contributed by atoms with E-state index in [2.05, 4.69) is 34.1 Å². The highest BCUT2D eigenvalue weighted by Crippen LogP contribution is 2.27. The molecule has 0 aromatic heterocycles. The van der Waals surface area contributed by atoms with E-state index in [0.717, 1.165) is 15.8 Å². The minimum Gasteiger partial charge on any atom is -0.495 e. The maximum Gasteiger partial charge on any atom is 0.136 e. The van der Waals surface area contributed by atoms with Crippen LogP contribution in [0.3, 0.4) is 0 Å². The summed E-state index contributed by atoms with van der Waals surface area (Å²) in [5.41, 5.74) is 1.69. The van der Waals surface area contributed by atoms with Crippen molar-refractivity contribution in [1.29, 1.82) is 5.26 Å². The Hall–Kier alpha value is -1.44. The van der Waals surface area contributed by atoms with E-state index in [4.69, 9.17) is 10.00 Å². The van der Waals surface area contributed by atoms with Crippen molar-refractivity contribution < 1.29 is 4.74 Å². The third kappa shape index (κ3) is 3.76. The number of nitrogens with zero attached hydrogens (tertiary/aromatic N) is 1. The maximum absolute atomic E-state index is 9.05. The molecule has 0 aliphatic carbocycles. The topological polar surface area (TPSA) is 33.0 Å². The fourth-order valence-corrected chi connectivity index (χ4v) is 3.10. The first-order valence-electron chi connectivity index (χ1n) is 5.68. The van der Waals surface area contributed by atoms with Crippen molar-refractivity contribution in [2.75, 3.05) is 7.11 Å². The van der Waals surface area contributed by atoms with Crippen LogP contribution in [0.4, 0.5) is 0 Å². The third-order valence-corrected chi connectivity index (χ3v) is 4.14. The molecule has 0 saturated carbocycles. The average molecular weight is 334 g/mol. The lowest BCUT2D eigenvalue weighted by atomic mass is 10.1. The summed E-state index contributed by atoms with van der Waals surface area (Å²) in [6.45, 7) is 0. The Kier molecular flexibility index (Phi) is 4.89. The number of hydrogen-bond acceptors (Lipinski definition) is 3. The summed E-state index contributed by atoms with van der Waals surface area (Å²) in [7, 11) is 1.58. The quantitative estimate of drug-likeness (QED) is 0.765. The Morgan fingerprint density at radius 2 is 2.11 bits per heavy atom. The lowest BCUT2D eigenvalue weighted by Gasteiger charge is -2.06. The molecule has 19 heavy (non-hydrogen) atoms. The fraction of sp³-hybridized carbons (Fsp3) is 0.133. The van der Waals surface area contributed by atoms with Gasteiger partial charge >= 0.3 is 0 Å². The zero-order chi connectivity index (χ0) is 13.7. The molecule has 0 heterocycles. The van der Waals surface area contributed by atoms with Crippen molar-refractivity contribution >= 4 is 27.7 Å². The Labute approximate surface area is 125 Å².